The minimum absolute atomic E-state index is 0.0445. The molecule has 0 radical (unpaired) electrons. The molecule has 1 aromatic rings. The monoisotopic (exact) mass is 287 g/mol. The second kappa shape index (κ2) is 5.88. The number of carbonyl (C=O) groups excluding carboxylic acids is 2. The average molecular weight is 287 g/mol. The minimum atomic E-state index is -0.447. The Balaban J connectivity index is 1.70. The zero-order valence-electron chi connectivity index (χ0n) is 12.3. The predicted molar refractivity (Wildman–Crippen MR) is 78.7 cm³/mol. The Morgan fingerprint density at radius 3 is 2.76 bits per heavy atom. The van der Waals surface area contributed by atoms with Crippen molar-refractivity contribution in [2.45, 2.75) is 51.2 Å². The van der Waals surface area contributed by atoms with Crippen LogP contribution in [-0.2, 0) is 16.0 Å². The van der Waals surface area contributed by atoms with Crippen molar-refractivity contribution in [1.29, 1.82) is 0 Å². The number of imide groups is 1. The fraction of sp³-hybridized carbons (Fsp3) is 0.529. The van der Waals surface area contributed by atoms with Gasteiger partial charge in [-0.3, -0.25) is 4.79 Å². The minimum Gasteiger partial charge on any atom is -0.444 e. The molecule has 1 saturated carbocycles. The molecule has 3 atom stereocenters. The number of fused-ring (bicyclic) bond motifs is 1. The van der Waals surface area contributed by atoms with Gasteiger partial charge in [-0.25, -0.2) is 9.69 Å². The Hall–Kier alpha value is -1.84. The standard InChI is InChI=1S/C17H21NO3/c1-12(11-13-7-3-2-4-8-13)16(19)18-14-9-5-6-10-15(14)21-17(18)20/h2-4,7-8,12,14-15H,5-6,9-11H2,1H3/t12-,14-,15+/m1/s1. The Morgan fingerprint density at radius 2 is 2.00 bits per heavy atom. The molecule has 2 amide bonds. The van der Waals surface area contributed by atoms with Crippen molar-refractivity contribution in [2.24, 2.45) is 5.92 Å². The van der Waals surface area contributed by atoms with Crippen molar-refractivity contribution in [3.05, 3.63) is 35.9 Å². The van der Waals surface area contributed by atoms with Gasteiger partial charge in [0.15, 0.2) is 0 Å². The normalized spacial score (nSPS) is 26.1. The zero-order valence-corrected chi connectivity index (χ0v) is 12.3. The van der Waals surface area contributed by atoms with Crippen molar-refractivity contribution in [1.82, 2.24) is 4.90 Å². The van der Waals surface area contributed by atoms with Crippen LogP contribution in [0.2, 0.25) is 0 Å². The fourth-order valence-electron chi connectivity index (χ4n) is 3.38. The molecule has 0 N–H and O–H groups in total. The van der Waals surface area contributed by atoms with E-state index in [1.807, 2.05) is 37.3 Å². The molecule has 0 aromatic heterocycles. The third kappa shape index (κ3) is 2.80. The quantitative estimate of drug-likeness (QED) is 0.858. The first-order valence-electron chi connectivity index (χ1n) is 7.74. The third-order valence-electron chi connectivity index (χ3n) is 4.49. The molecule has 4 nitrogen and oxygen atoms in total. The molecule has 21 heavy (non-hydrogen) atoms. The van der Waals surface area contributed by atoms with E-state index >= 15 is 0 Å². The lowest BCUT2D eigenvalue weighted by Crippen LogP contribution is -2.45. The van der Waals surface area contributed by atoms with E-state index in [9.17, 15) is 9.59 Å². The van der Waals surface area contributed by atoms with Crippen LogP contribution in [0.1, 0.15) is 38.2 Å². The molecule has 0 unspecified atom stereocenters. The van der Waals surface area contributed by atoms with Crippen molar-refractivity contribution >= 4 is 12.0 Å². The van der Waals surface area contributed by atoms with Gasteiger partial charge in [0.25, 0.3) is 0 Å². The summed E-state index contributed by atoms with van der Waals surface area (Å²) in [6, 6.07) is 9.87. The number of ether oxygens (including phenoxy) is 1. The van der Waals surface area contributed by atoms with Gasteiger partial charge in [-0.1, -0.05) is 43.7 Å². The molecule has 1 aliphatic heterocycles. The van der Waals surface area contributed by atoms with Crippen LogP contribution in [0.25, 0.3) is 0 Å². The lowest BCUT2D eigenvalue weighted by molar-refractivity contribution is -0.133. The second-order valence-corrected chi connectivity index (χ2v) is 6.07. The largest absolute Gasteiger partial charge is 0.444 e. The summed E-state index contributed by atoms with van der Waals surface area (Å²) in [4.78, 5) is 26.0. The van der Waals surface area contributed by atoms with Crippen LogP contribution in [-0.4, -0.2) is 29.0 Å². The van der Waals surface area contributed by atoms with Crippen molar-refractivity contribution in [2.75, 3.05) is 0 Å². The van der Waals surface area contributed by atoms with E-state index in [1.165, 1.54) is 4.90 Å². The summed E-state index contributed by atoms with van der Waals surface area (Å²) >= 11 is 0. The van der Waals surface area contributed by atoms with Gasteiger partial charge in [0.1, 0.15) is 6.10 Å². The van der Waals surface area contributed by atoms with Gasteiger partial charge in [-0.15, -0.1) is 0 Å². The van der Waals surface area contributed by atoms with Gasteiger partial charge in [0.2, 0.25) is 5.91 Å². The van der Waals surface area contributed by atoms with Crippen molar-refractivity contribution in [3.8, 4) is 0 Å². The Labute approximate surface area is 125 Å². The predicted octanol–water partition coefficient (Wildman–Crippen LogP) is 3.16. The summed E-state index contributed by atoms with van der Waals surface area (Å²) in [7, 11) is 0. The first-order valence-corrected chi connectivity index (χ1v) is 7.74. The van der Waals surface area contributed by atoms with Crippen LogP contribution in [0.3, 0.4) is 0 Å². The molecule has 2 aliphatic rings. The van der Waals surface area contributed by atoms with Crippen LogP contribution in [0.5, 0.6) is 0 Å². The molecule has 1 aliphatic carbocycles. The van der Waals surface area contributed by atoms with Gasteiger partial charge >= 0.3 is 6.09 Å². The second-order valence-electron chi connectivity index (χ2n) is 6.07. The highest BCUT2D eigenvalue weighted by Gasteiger charge is 2.46. The highest BCUT2D eigenvalue weighted by atomic mass is 16.6. The summed E-state index contributed by atoms with van der Waals surface area (Å²) in [5.41, 5.74) is 1.12. The maximum absolute atomic E-state index is 12.6. The van der Waals surface area contributed by atoms with Gasteiger partial charge < -0.3 is 4.74 Å². The molecule has 1 saturated heterocycles. The first-order chi connectivity index (χ1) is 10.2. The molecular formula is C17H21NO3. The zero-order chi connectivity index (χ0) is 14.8. The summed E-state index contributed by atoms with van der Waals surface area (Å²) in [5, 5.41) is 0. The third-order valence-corrected chi connectivity index (χ3v) is 4.49. The van der Waals surface area contributed by atoms with Crippen molar-refractivity contribution in [3.63, 3.8) is 0 Å². The van der Waals surface area contributed by atoms with Crippen molar-refractivity contribution < 1.29 is 14.3 Å². The average Bonchev–Trinajstić information content (AvgIpc) is 2.83. The molecule has 1 aromatic carbocycles. The number of hydrogen-bond acceptors (Lipinski definition) is 3. The molecule has 3 rings (SSSR count). The topological polar surface area (TPSA) is 46.6 Å². The number of nitrogens with zero attached hydrogens (tertiary/aromatic N) is 1. The van der Waals surface area contributed by atoms with Crippen LogP contribution in [0.4, 0.5) is 4.79 Å². The highest BCUT2D eigenvalue weighted by molar-refractivity contribution is 5.95. The summed E-state index contributed by atoms with van der Waals surface area (Å²) in [5.74, 6) is -0.307. The van der Waals surface area contributed by atoms with Crippen LogP contribution in [0, 0.1) is 5.92 Å². The number of amides is 2. The number of hydrogen-bond donors (Lipinski definition) is 0. The molecular weight excluding hydrogens is 266 g/mol. The summed E-state index contributed by atoms with van der Waals surface area (Å²) in [6.45, 7) is 1.89. The Bertz CT molecular complexity index is 528. The fourth-order valence-corrected chi connectivity index (χ4v) is 3.38. The highest BCUT2D eigenvalue weighted by Crippen LogP contribution is 2.33. The van der Waals surface area contributed by atoms with E-state index in [0.29, 0.717) is 6.42 Å². The van der Waals surface area contributed by atoms with Gasteiger partial charge in [0, 0.05) is 5.92 Å². The van der Waals surface area contributed by atoms with E-state index < -0.39 is 6.09 Å². The Morgan fingerprint density at radius 1 is 1.29 bits per heavy atom. The maximum Gasteiger partial charge on any atom is 0.417 e. The van der Waals surface area contributed by atoms with E-state index in [-0.39, 0.29) is 24.0 Å². The summed E-state index contributed by atoms with van der Waals surface area (Å²) in [6.07, 6.45) is 4.02. The van der Waals surface area contributed by atoms with Gasteiger partial charge in [-0.2, -0.15) is 0 Å². The van der Waals surface area contributed by atoms with E-state index in [2.05, 4.69) is 0 Å². The Kier molecular flexibility index (Phi) is 3.95. The van der Waals surface area contributed by atoms with Crippen LogP contribution >= 0.6 is 0 Å². The smallest absolute Gasteiger partial charge is 0.417 e. The SMILES string of the molecule is C[C@H](Cc1ccccc1)C(=O)N1C(=O)O[C@H]2CCCC[C@H]21. The van der Waals surface area contributed by atoms with E-state index in [4.69, 9.17) is 4.74 Å². The molecule has 112 valence electrons. The van der Waals surface area contributed by atoms with E-state index in [1.54, 1.807) is 0 Å². The number of rotatable bonds is 3. The molecule has 4 heteroatoms. The van der Waals surface area contributed by atoms with Crippen LogP contribution in [0.15, 0.2) is 30.3 Å². The number of carbonyl (C=O) groups is 2. The van der Waals surface area contributed by atoms with E-state index in [0.717, 1.165) is 31.2 Å². The molecule has 2 fully saturated rings. The van der Waals surface area contributed by atoms with Gasteiger partial charge in [0.05, 0.1) is 6.04 Å². The molecule has 0 spiro atoms. The molecule has 0 bridgehead atoms. The first kappa shape index (κ1) is 14.1. The number of benzene rings is 1. The van der Waals surface area contributed by atoms with Crippen LogP contribution < -0.4 is 0 Å². The maximum atomic E-state index is 12.6. The lowest BCUT2D eigenvalue weighted by Gasteiger charge is -2.28. The lowest BCUT2D eigenvalue weighted by atomic mass is 9.91. The van der Waals surface area contributed by atoms with Gasteiger partial charge in [-0.05, 0) is 31.2 Å². The molecule has 1 heterocycles. The summed E-state index contributed by atoms with van der Waals surface area (Å²) < 4.78 is 5.37.